The van der Waals surface area contributed by atoms with E-state index >= 15 is 0 Å². The summed E-state index contributed by atoms with van der Waals surface area (Å²) in [5, 5.41) is 15.5. The van der Waals surface area contributed by atoms with Crippen molar-refractivity contribution in [3.8, 4) is 0 Å². The predicted octanol–water partition coefficient (Wildman–Crippen LogP) is 0.0256. The molecule has 0 spiro atoms. The molecular formula is C26H28BrN5O3. The summed E-state index contributed by atoms with van der Waals surface area (Å²) in [5.74, 6) is -0.184. The lowest BCUT2D eigenvalue weighted by Gasteiger charge is -2.18. The number of nitrogens with zero attached hydrogens (tertiary/aromatic N) is 2. The van der Waals surface area contributed by atoms with E-state index in [1.807, 2.05) is 37.3 Å². The highest BCUT2D eigenvalue weighted by molar-refractivity contribution is 6.13. The number of benzene rings is 3. The zero-order valence-electron chi connectivity index (χ0n) is 19.7. The van der Waals surface area contributed by atoms with E-state index in [4.69, 9.17) is 10.7 Å². The summed E-state index contributed by atoms with van der Waals surface area (Å²) in [5.41, 5.74) is 11.1. The Morgan fingerprint density at radius 1 is 1.06 bits per heavy atom. The van der Waals surface area contributed by atoms with Crippen LogP contribution in [0.25, 0.3) is 21.8 Å². The van der Waals surface area contributed by atoms with Crippen molar-refractivity contribution in [2.24, 2.45) is 0 Å². The number of nitrogens with two attached hydrogens (primary N) is 1. The number of aryl methyl sites for hydroxylation is 1. The van der Waals surface area contributed by atoms with Gasteiger partial charge in [0.1, 0.15) is 6.54 Å². The first kappa shape index (κ1) is 26.1. The number of amides is 1. The van der Waals surface area contributed by atoms with Gasteiger partial charge in [0, 0.05) is 28.5 Å². The number of nitro groups is 1. The zero-order chi connectivity index (χ0) is 24.2. The summed E-state index contributed by atoms with van der Waals surface area (Å²) < 4.78 is 0. The quantitative estimate of drug-likeness (QED) is 0.166. The number of rotatable bonds is 8. The molecule has 35 heavy (non-hydrogen) atoms. The van der Waals surface area contributed by atoms with Crippen molar-refractivity contribution in [2.75, 3.05) is 25.4 Å². The van der Waals surface area contributed by atoms with Crippen LogP contribution in [0.3, 0.4) is 0 Å². The van der Waals surface area contributed by atoms with Crippen LogP contribution in [0.2, 0.25) is 0 Å². The number of halogens is 1. The Labute approximate surface area is 214 Å². The molecule has 9 heteroatoms. The van der Waals surface area contributed by atoms with Crippen molar-refractivity contribution in [3.63, 3.8) is 0 Å². The minimum atomic E-state index is -0.399. The maximum Gasteiger partial charge on any atom is 0.269 e. The lowest BCUT2D eigenvalue weighted by molar-refractivity contribution is -0.910. The third-order valence-electron chi connectivity index (χ3n) is 6.19. The summed E-state index contributed by atoms with van der Waals surface area (Å²) >= 11 is 0. The van der Waals surface area contributed by atoms with E-state index < -0.39 is 4.92 Å². The van der Waals surface area contributed by atoms with Crippen LogP contribution < -0.4 is 32.9 Å². The van der Waals surface area contributed by atoms with Gasteiger partial charge in [-0.25, -0.2) is 4.98 Å². The first-order chi connectivity index (χ1) is 16.4. The number of nitrogens with one attached hydrogen (secondary N) is 2. The van der Waals surface area contributed by atoms with E-state index in [2.05, 4.69) is 12.2 Å². The van der Waals surface area contributed by atoms with Crippen LogP contribution in [-0.4, -0.2) is 35.4 Å². The number of carbonyl (C=O) groups excluding carboxylic acids is 1. The topological polar surface area (TPSA) is 116 Å². The molecule has 0 aliphatic rings. The second-order valence-electron chi connectivity index (χ2n) is 8.41. The number of non-ortho nitro benzene ring substituents is 1. The van der Waals surface area contributed by atoms with Crippen molar-refractivity contribution in [2.45, 2.75) is 20.4 Å². The van der Waals surface area contributed by atoms with Crippen LogP contribution in [-0.2, 0) is 6.54 Å². The maximum absolute atomic E-state index is 13.1. The number of carbonyl (C=O) groups is 1. The third-order valence-corrected chi connectivity index (χ3v) is 6.19. The van der Waals surface area contributed by atoms with Crippen LogP contribution in [0.1, 0.15) is 28.4 Å². The summed E-state index contributed by atoms with van der Waals surface area (Å²) in [6.07, 6.45) is 0. The molecule has 0 radical (unpaired) electrons. The second kappa shape index (κ2) is 11.2. The van der Waals surface area contributed by atoms with Gasteiger partial charge < -0.3 is 32.9 Å². The first-order valence-electron chi connectivity index (χ1n) is 11.3. The van der Waals surface area contributed by atoms with E-state index in [1.165, 1.54) is 17.0 Å². The number of aromatic nitrogens is 1. The van der Waals surface area contributed by atoms with Crippen LogP contribution in [0.5, 0.6) is 0 Å². The second-order valence-corrected chi connectivity index (χ2v) is 8.41. The van der Waals surface area contributed by atoms with Gasteiger partial charge in [0.2, 0.25) is 0 Å². The minimum Gasteiger partial charge on any atom is -1.00 e. The average molecular weight is 538 g/mol. The van der Waals surface area contributed by atoms with Crippen LogP contribution in [0.15, 0.2) is 60.7 Å². The molecule has 1 aromatic heterocycles. The van der Waals surface area contributed by atoms with Gasteiger partial charge in [-0.2, -0.15) is 0 Å². The fourth-order valence-electron chi connectivity index (χ4n) is 4.21. The molecule has 4 aromatic rings. The molecule has 0 saturated carbocycles. The monoisotopic (exact) mass is 537 g/mol. The molecule has 1 atom stereocenters. The smallest absolute Gasteiger partial charge is 0.269 e. The number of hydrogen-bond donors (Lipinski definition) is 3. The fraction of sp³-hybridized carbons (Fsp3) is 0.231. The Kier molecular flexibility index (Phi) is 8.37. The molecule has 0 aliphatic carbocycles. The number of pyridine rings is 1. The van der Waals surface area contributed by atoms with E-state index in [0.717, 1.165) is 47.1 Å². The molecule has 1 unspecified atom stereocenters. The standard InChI is InChI=1S/C26H27N5O3.BrH/c1-3-30(16-18-10-12-19(13-11-18)31(33)34)15-14-28-26(32)22-9-5-8-21-23(27)20-7-4-6-17(2)24(20)29-25(21)22;/h4-13H,3,14-16H2,1-2H3,(H2,27,29)(H,28,32);1H. The number of nitrogen functional groups attached to an aromatic ring is 1. The molecular weight excluding hydrogens is 510 g/mol. The molecule has 182 valence electrons. The molecule has 0 fully saturated rings. The van der Waals surface area contributed by atoms with Gasteiger partial charge in [-0.05, 0) is 37.6 Å². The molecule has 0 aliphatic heterocycles. The van der Waals surface area contributed by atoms with Crippen molar-refractivity contribution < 1.29 is 31.6 Å². The van der Waals surface area contributed by atoms with E-state index in [1.54, 1.807) is 18.2 Å². The van der Waals surface area contributed by atoms with Crippen LogP contribution in [0, 0.1) is 17.0 Å². The third kappa shape index (κ3) is 5.58. The zero-order valence-corrected chi connectivity index (χ0v) is 21.3. The molecule has 3 aromatic carbocycles. The Morgan fingerprint density at radius 2 is 1.71 bits per heavy atom. The Bertz CT molecular complexity index is 1380. The molecule has 8 nitrogen and oxygen atoms in total. The SMILES string of the molecule is CC[NH+](CCNC(=O)c1cccc2c(N)c3cccc(C)c3nc12)Cc1ccc([N+](=O)[O-])cc1.[Br-]. The Hall–Kier alpha value is -3.56. The summed E-state index contributed by atoms with van der Waals surface area (Å²) in [6.45, 7) is 6.87. The van der Waals surface area contributed by atoms with Gasteiger partial charge in [0.05, 0.1) is 46.8 Å². The molecule has 1 heterocycles. The number of quaternary nitrogens is 1. The van der Waals surface area contributed by atoms with E-state index in [0.29, 0.717) is 23.3 Å². The fourth-order valence-corrected chi connectivity index (χ4v) is 4.21. The van der Waals surface area contributed by atoms with Crippen molar-refractivity contribution in [3.05, 3.63) is 87.5 Å². The number of anilines is 1. The summed E-state index contributed by atoms with van der Waals surface area (Å²) in [6, 6.07) is 18.0. The highest BCUT2D eigenvalue weighted by Gasteiger charge is 2.16. The van der Waals surface area contributed by atoms with Gasteiger partial charge in [0.25, 0.3) is 11.6 Å². The first-order valence-corrected chi connectivity index (χ1v) is 11.3. The molecule has 4 N–H and O–H groups in total. The minimum absolute atomic E-state index is 0. The normalized spacial score (nSPS) is 11.7. The van der Waals surface area contributed by atoms with Gasteiger partial charge in [-0.15, -0.1) is 0 Å². The van der Waals surface area contributed by atoms with Crippen molar-refractivity contribution in [1.82, 2.24) is 10.3 Å². The van der Waals surface area contributed by atoms with Crippen LogP contribution in [0.4, 0.5) is 11.4 Å². The van der Waals surface area contributed by atoms with Crippen molar-refractivity contribution in [1.29, 1.82) is 0 Å². The summed E-state index contributed by atoms with van der Waals surface area (Å²) in [7, 11) is 0. The number of para-hydroxylation sites is 2. The summed E-state index contributed by atoms with van der Waals surface area (Å²) in [4.78, 5) is 29.6. The lowest BCUT2D eigenvalue weighted by Crippen LogP contribution is -3.11. The number of fused-ring (bicyclic) bond motifs is 2. The van der Waals surface area contributed by atoms with E-state index in [9.17, 15) is 14.9 Å². The molecule has 0 bridgehead atoms. The van der Waals surface area contributed by atoms with Crippen LogP contribution >= 0.6 is 0 Å². The average Bonchev–Trinajstić information content (AvgIpc) is 2.84. The Morgan fingerprint density at radius 3 is 2.37 bits per heavy atom. The molecule has 0 saturated heterocycles. The van der Waals surface area contributed by atoms with Gasteiger partial charge in [0.15, 0.2) is 0 Å². The van der Waals surface area contributed by atoms with Gasteiger partial charge in [-0.3, -0.25) is 14.9 Å². The highest BCUT2D eigenvalue weighted by atomic mass is 79.9. The largest absolute Gasteiger partial charge is 1.00 e. The highest BCUT2D eigenvalue weighted by Crippen LogP contribution is 2.31. The number of nitro benzene ring substituents is 1. The van der Waals surface area contributed by atoms with Gasteiger partial charge >= 0.3 is 0 Å². The lowest BCUT2D eigenvalue weighted by atomic mass is 10.0. The predicted molar refractivity (Wildman–Crippen MR) is 134 cm³/mol. The Balaban J connectivity index is 0.00000342. The molecule has 4 rings (SSSR count). The van der Waals surface area contributed by atoms with Gasteiger partial charge in [-0.1, -0.05) is 30.3 Å². The molecule has 1 amide bonds. The maximum atomic E-state index is 13.1. The van der Waals surface area contributed by atoms with Crippen molar-refractivity contribution >= 4 is 39.1 Å². The number of hydrogen-bond acceptors (Lipinski definition) is 5. The van der Waals surface area contributed by atoms with E-state index in [-0.39, 0.29) is 28.6 Å². The number of likely N-dealkylation sites (N-methyl/N-ethyl adjacent to an activating group) is 1.